The molecule has 2 rings (SSSR count). The summed E-state index contributed by atoms with van der Waals surface area (Å²) < 4.78 is 0. The highest BCUT2D eigenvalue weighted by Gasteiger charge is 1.97. The van der Waals surface area contributed by atoms with Crippen LogP contribution < -0.4 is 16.0 Å². The lowest BCUT2D eigenvalue weighted by molar-refractivity contribution is 1.04. The molecule has 1 aromatic rings. The molecule has 1 aliphatic carbocycles. The number of aromatic amines is 1. The quantitative estimate of drug-likeness (QED) is 0.572. The maximum atomic E-state index is 11.4. The fraction of sp³-hybridized carbons (Fsp3) is 0.300. The summed E-state index contributed by atoms with van der Waals surface area (Å²) in [6.45, 7) is 1.91. The normalized spacial score (nSPS) is 14.4. The highest BCUT2D eigenvalue weighted by molar-refractivity contribution is 5.35. The molecule has 2 heteroatoms. The molecule has 1 heterocycles. The van der Waals surface area contributed by atoms with E-state index < -0.39 is 0 Å². The Bertz CT molecular complexity index is 468. The first-order valence-electron chi connectivity index (χ1n) is 4.18. The smallest absolute Gasteiger partial charge is 0.189 e. The van der Waals surface area contributed by atoms with E-state index in [0.29, 0.717) is 0 Å². The molecule has 0 aliphatic heterocycles. The molecule has 0 fully saturated rings. The Labute approximate surface area is 70.3 Å². The van der Waals surface area contributed by atoms with Gasteiger partial charge in [0, 0.05) is 22.3 Å². The Balaban J connectivity index is 2.97. The lowest BCUT2D eigenvalue weighted by Gasteiger charge is -1.99. The number of H-pyrrole nitrogens is 1. The molecule has 2 nitrogen and oxygen atoms in total. The fourth-order valence-corrected chi connectivity index (χ4v) is 1.55. The van der Waals surface area contributed by atoms with Gasteiger partial charge in [0.1, 0.15) is 0 Å². The molecule has 0 bridgehead atoms. The molecule has 0 unspecified atom stereocenters. The number of pyridine rings is 1. The van der Waals surface area contributed by atoms with Crippen LogP contribution in [0.25, 0.3) is 12.2 Å². The first-order chi connectivity index (χ1) is 5.77. The molecule has 0 saturated carbocycles. The third-order valence-electron chi connectivity index (χ3n) is 2.10. The minimum atomic E-state index is 0.136. The monoisotopic (exact) mass is 161 g/mol. The second kappa shape index (κ2) is 2.63. The first-order valence-corrected chi connectivity index (χ1v) is 4.18. The van der Waals surface area contributed by atoms with E-state index in [9.17, 15) is 4.79 Å². The van der Waals surface area contributed by atoms with Gasteiger partial charge >= 0.3 is 0 Å². The van der Waals surface area contributed by atoms with Gasteiger partial charge in [-0.1, -0.05) is 12.2 Å². The molecule has 1 aliphatic rings. The van der Waals surface area contributed by atoms with Crippen molar-refractivity contribution in [1.29, 1.82) is 0 Å². The summed E-state index contributed by atoms with van der Waals surface area (Å²) in [7, 11) is 0. The molecule has 1 N–H and O–H groups in total. The van der Waals surface area contributed by atoms with Crippen LogP contribution in [0.1, 0.15) is 18.5 Å². The van der Waals surface area contributed by atoms with Crippen molar-refractivity contribution in [2.75, 3.05) is 0 Å². The molecule has 0 atom stereocenters. The van der Waals surface area contributed by atoms with Gasteiger partial charge in [0.15, 0.2) is 5.43 Å². The zero-order valence-corrected chi connectivity index (χ0v) is 7.05. The number of hydrogen-bond donors (Lipinski definition) is 1. The lowest BCUT2D eigenvalue weighted by Crippen LogP contribution is -2.42. The Kier molecular flexibility index (Phi) is 1.61. The number of aromatic nitrogens is 1. The average Bonchev–Trinajstić information content (AvgIpc) is 2.04. The standard InChI is InChI=1S/C10H11NO/c1-7-6-10(12)8-4-2-3-5-9(8)11-7/h4-6,11H,2-3H2,1H3. The lowest BCUT2D eigenvalue weighted by atomic mass is 10.1. The molecule has 0 saturated heterocycles. The predicted molar refractivity (Wildman–Crippen MR) is 49.2 cm³/mol. The molecule has 0 aromatic carbocycles. The average molecular weight is 161 g/mol. The molecule has 1 aromatic heterocycles. The molecular weight excluding hydrogens is 150 g/mol. The van der Waals surface area contributed by atoms with Gasteiger partial charge in [0.2, 0.25) is 0 Å². The van der Waals surface area contributed by atoms with Crippen molar-refractivity contribution in [3.05, 3.63) is 32.6 Å². The summed E-state index contributed by atoms with van der Waals surface area (Å²) in [5.41, 5.74) is 1.07. The summed E-state index contributed by atoms with van der Waals surface area (Å²) >= 11 is 0. The summed E-state index contributed by atoms with van der Waals surface area (Å²) in [5.74, 6) is 0. The zero-order chi connectivity index (χ0) is 8.55. The number of rotatable bonds is 0. The third kappa shape index (κ3) is 1.09. The van der Waals surface area contributed by atoms with E-state index in [1.165, 1.54) is 0 Å². The summed E-state index contributed by atoms with van der Waals surface area (Å²) in [4.78, 5) is 14.6. The maximum absolute atomic E-state index is 11.4. The second-order valence-corrected chi connectivity index (χ2v) is 3.13. The van der Waals surface area contributed by atoms with Crippen LogP contribution in [0.15, 0.2) is 10.9 Å². The Morgan fingerprint density at radius 3 is 2.92 bits per heavy atom. The van der Waals surface area contributed by atoms with Crippen LogP contribution in [0.5, 0.6) is 0 Å². The molecule has 0 radical (unpaired) electrons. The molecular formula is C10H11NO. The van der Waals surface area contributed by atoms with Gasteiger partial charge in [-0.05, 0) is 19.8 Å². The first kappa shape index (κ1) is 7.35. The van der Waals surface area contributed by atoms with Crippen LogP contribution >= 0.6 is 0 Å². The van der Waals surface area contributed by atoms with Crippen LogP contribution in [0, 0.1) is 6.92 Å². The number of aryl methyl sites for hydroxylation is 1. The minimum Gasteiger partial charge on any atom is -0.359 e. The van der Waals surface area contributed by atoms with Crippen molar-refractivity contribution >= 4 is 12.2 Å². The Morgan fingerprint density at radius 2 is 2.08 bits per heavy atom. The van der Waals surface area contributed by atoms with Gasteiger partial charge in [0.25, 0.3) is 0 Å². The van der Waals surface area contributed by atoms with Crippen LogP contribution in [0.2, 0.25) is 0 Å². The van der Waals surface area contributed by atoms with Crippen molar-refractivity contribution < 1.29 is 0 Å². The summed E-state index contributed by atoms with van der Waals surface area (Å²) in [5, 5.41) is 1.83. The van der Waals surface area contributed by atoms with E-state index in [2.05, 4.69) is 11.1 Å². The topological polar surface area (TPSA) is 32.9 Å². The second-order valence-electron chi connectivity index (χ2n) is 3.13. The van der Waals surface area contributed by atoms with Gasteiger partial charge in [0.05, 0.1) is 0 Å². The van der Waals surface area contributed by atoms with Gasteiger partial charge in [-0.25, -0.2) is 0 Å². The van der Waals surface area contributed by atoms with E-state index in [1.54, 1.807) is 6.07 Å². The van der Waals surface area contributed by atoms with Crippen molar-refractivity contribution in [2.24, 2.45) is 0 Å². The Morgan fingerprint density at radius 1 is 1.33 bits per heavy atom. The maximum Gasteiger partial charge on any atom is 0.189 e. The van der Waals surface area contributed by atoms with Crippen LogP contribution in [-0.2, 0) is 0 Å². The molecule has 62 valence electrons. The van der Waals surface area contributed by atoms with Crippen LogP contribution in [0.4, 0.5) is 0 Å². The van der Waals surface area contributed by atoms with Crippen molar-refractivity contribution in [3.8, 4) is 0 Å². The van der Waals surface area contributed by atoms with Gasteiger partial charge in [-0.2, -0.15) is 0 Å². The SMILES string of the molecule is Cc1cc(=O)c2c([nH]1)=CCCC=2. The van der Waals surface area contributed by atoms with Crippen molar-refractivity contribution in [2.45, 2.75) is 19.8 Å². The number of fused-ring (bicyclic) bond motifs is 1. The highest BCUT2D eigenvalue weighted by Crippen LogP contribution is 1.92. The largest absolute Gasteiger partial charge is 0.359 e. The number of nitrogens with one attached hydrogen (secondary N) is 1. The van der Waals surface area contributed by atoms with E-state index in [0.717, 1.165) is 29.1 Å². The Hall–Kier alpha value is -1.31. The minimum absolute atomic E-state index is 0.136. The predicted octanol–water partition coefficient (Wildman–Crippen LogP) is 0.0381. The van der Waals surface area contributed by atoms with Crippen LogP contribution in [0.3, 0.4) is 0 Å². The summed E-state index contributed by atoms with van der Waals surface area (Å²) in [6.07, 6.45) is 6.11. The van der Waals surface area contributed by atoms with E-state index in [1.807, 2.05) is 13.0 Å². The zero-order valence-electron chi connectivity index (χ0n) is 7.05. The summed E-state index contributed by atoms with van der Waals surface area (Å²) in [6, 6.07) is 1.65. The van der Waals surface area contributed by atoms with Crippen molar-refractivity contribution in [3.63, 3.8) is 0 Å². The highest BCUT2D eigenvalue weighted by atomic mass is 16.1. The van der Waals surface area contributed by atoms with Gasteiger partial charge in [-0.15, -0.1) is 0 Å². The van der Waals surface area contributed by atoms with Crippen LogP contribution in [-0.4, -0.2) is 4.98 Å². The molecule has 0 spiro atoms. The van der Waals surface area contributed by atoms with Crippen molar-refractivity contribution in [1.82, 2.24) is 4.98 Å². The van der Waals surface area contributed by atoms with E-state index in [4.69, 9.17) is 0 Å². The van der Waals surface area contributed by atoms with Gasteiger partial charge in [-0.3, -0.25) is 4.79 Å². The van der Waals surface area contributed by atoms with E-state index in [-0.39, 0.29) is 5.43 Å². The molecule has 0 amide bonds. The molecule has 12 heavy (non-hydrogen) atoms. The van der Waals surface area contributed by atoms with Gasteiger partial charge < -0.3 is 4.98 Å². The third-order valence-corrected chi connectivity index (χ3v) is 2.10. The number of hydrogen-bond acceptors (Lipinski definition) is 1. The fourth-order valence-electron chi connectivity index (χ4n) is 1.55. The van der Waals surface area contributed by atoms with E-state index >= 15 is 0 Å².